The first-order chi connectivity index (χ1) is 7.88. The summed E-state index contributed by atoms with van der Waals surface area (Å²) in [5.74, 6) is -0.168. The van der Waals surface area contributed by atoms with Crippen LogP contribution >= 0.6 is 0 Å². The highest BCUT2D eigenvalue weighted by Gasteiger charge is 2.27. The first-order valence-corrected chi connectivity index (χ1v) is 5.56. The lowest BCUT2D eigenvalue weighted by Crippen LogP contribution is -2.43. The van der Waals surface area contributed by atoms with Gasteiger partial charge in [0.2, 0.25) is 5.91 Å². The second-order valence-electron chi connectivity index (χ2n) is 4.14. The molecule has 100 valence electrons. The maximum atomic E-state index is 11.7. The van der Waals surface area contributed by atoms with E-state index >= 15 is 0 Å². The fourth-order valence-electron chi connectivity index (χ4n) is 1.65. The topological polar surface area (TPSA) is 55.6 Å². The van der Waals surface area contributed by atoms with Crippen LogP contribution in [0.5, 0.6) is 0 Å². The summed E-state index contributed by atoms with van der Waals surface area (Å²) in [6, 6.07) is 0.125. The van der Waals surface area contributed by atoms with Crippen molar-refractivity contribution < 1.29 is 22.7 Å². The average molecular weight is 254 g/mol. The van der Waals surface area contributed by atoms with Crippen LogP contribution in [0.2, 0.25) is 0 Å². The van der Waals surface area contributed by atoms with Gasteiger partial charge >= 0.3 is 6.18 Å². The third-order valence-electron chi connectivity index (χ3n) is 2.62. The summed E-state index contributed by atoms with van der Waals surface area (Å²) in [6.07, 6.45) is -2.85. The number of alkyl halides is 3. The number of amides is 1. The fraction of sp³-hybridized carbons (Fsp3) is 0.900. The van der Waals surface area contributed by atoms with E-state index in [1.807, 2.05) is 0 Å². The number of carbonyl (C=O) groups is 1. The molecule has 1 aliphatic rings. The van der Waals surface area contributed by atoms with E-state index in [2.05, 4.69) is 4.74 Å². The van der Waals surface area contributed by atoms with Crippen LogP contribution in [0.3, 0.4) is 0 Å². The molecule has 1 aliphatic heterocycles. The van der Waals surface area contributed by atoms with Crippen LogP contribution < -0.4 is 5.73 Å². The Morgan fingerprint density at radius 3 is 2.47 bits per heavy atom. The Bertz CT molecular complexity index is 250. The molecule has 0 atom stereocenters. The number of rotatable bonds is 4. The summed E-state index contributed by atoms with van der Waals surface area (Å²) in [6.45, 7) is -0.329. The minimum Gasteiger partial charge on any atom is -0.372 e. The molecule has 0 unspecified atom stereocenters. The van der Waals surface area contributed by atoms with Crippen molar-refractivity contribution in [3.63, 3.8) is 0 Å². The Morgan fingerprint density at radius 1 is 1.35 bits per heavy atom. The first kappa shape index (κ1) is 14.2. The monoisotopic (exact) mass is 254 g/mol. The Balaban J connectivity index is 2.13. The number of nitrogens with zero attached hydrogens (tertiary/aromatic N) is 1. The number of hydrogen-bond donors (Lipinski definition) is 1. The molecule has 0 aromatic rings. The third-order valence-corrected chi connectivity index (χ3v) is 2.62. The van der Waals surface area contributed by atoms with Gasteiger partial charge in [0.05, 0.1) is 13.0 Å². The number of carbonyl (C=O) groups excluding carboxylic acids is 1. The van der Waals surface area contributed by atoms with Gasteiger partial charge in [-0.3, -0.25) is 4.79 Å². The molecule has 1 amide bonds. The zero-order valence-corrected chi connectivity index (χ0v) is 9.50. The van der Waals surface area contributed by atoms with E-state index in [9.17, 15) is 18.0 Å². The fourth-order valence-corrected chi connectivity index (χ4v) is 1.65. The zero-order chi connectivity index (χ0) is 12.9. The van der Waals surface area contributed by atoms with Crippen molar-refractivity contribution >= 4 is 5.91 Å². The van der Waals surface area contributed by atoms with Crippen molar-refractivity contribution in [1.82, 2.24) is 4.90 Å². The number of piperidine rings is 1. The van der Waals surface area contributed by atoms with Crippen molar-refractivity contribution in [3.8, 4) is 0 Å². The average Bonchev–Trinajstić information content (AvgIpc) is 2.24. The number of hydrogen-bond acceptors (Lipinski definition) is 3. The molecular weight excluding hydrogens is 237 g/mol. The largest absolute Gasteiger partial charge is 0.411 e. The lowest BCUT2D eigenvalue weighted by molar-refractivity contribution is -0.175. The molecule has 0 bridgehead atoms. The van der Waals surface area contributed by atoms with Gasteiger partial charge in [-0.2, -0.15) is 13.2 Å². The van der Waals surface area contributed by atoms with Crippen molar-refractivity contribution in [2.45, 2.75) is 31.5 Å². The van der Waals surface area contributed by atoms with Gasteiger partial charge in [0.1, 0.15) is 6.61 Å². The summed E-state index contributed by atoms with van der Waals surface area (Å²) in [4.78, 5) is 13.2. The second kappa shape index (κ2) is 6.20. The van der Waals surface area contributed by atoms with E-state index in [0.717, 1.165) is 12.8 Å². The Hall–Kier alpha value is -0.820. The Kier molecular flexibility index (Phi) is 5.20. The summed E-state index contributed by atoms with van der Waals surface area (Å²) < 4.78 is 39.6. The van der Waals surface area contributed by atoms with Gasteiger partial charge in [-0.1, -0.05) is 0 Å². The van der Waals surface area contributed by atoms with Crippen LogP contribution in [0.1, 0.15) is 19.3 Å². The first-order valence-electron chi connectivity index (χ1n) is 5.56. The molecule has 1 fully saturated rings. The highest BCUT2D eigenvalue weighted by Crippen LogP contribution is 2.15. The summed E-state index contributed by atoms with van der Waals surface area (Å²) in [7, 11) is 0. The smallest absolute Gasteiger partial charge is 0.372 e. The van der Waals surface area contributed by atoms with Gasteiger partial charge in [0, 0.05) is 19.1 Å². The van der Waals surface area contributed by atoms with Gasteiger partial charge < -0.3 is 15.4 Å². The summed E-state index contributed by atoms with van der Waals surface area (Å²) >= 11 is 0. The third kappa shape index (κ3) is 5.88. The number of halogens is 3. The Morgan fingerprint density at radius 2 is 1.94 bits per heavy atom. The minimum atomic E-state index is -4.33. The van der Waals surface area contributed by atoms with Crippen molar-refractivity contribution in [1.29, 1.82) is 0 Å². The highest BCUT2D eigenvalue weighted by molar-refractivity contribution is 5.76. The van der Waals surface area contributed by atoms with Gasteiger partial charge in [-0.05, 0) is 12.8 Å². The molecule has 1 heterocycles. The summed E-state index contributed by atoms with van der Waals surface area (Å²) in [5.41, 5.74) is 5.68. The van der Waals surface area contributed by atoms with E-state index < -0.39 is 12.8 Å². The number of nitrogens with two attached hydrogens (primary N) is 1. The molecule has 2 N–H and O–H groups in total. The van der Waals surface area contributed by atoms with Gasteiger partial charge in [0.15, 0.2) is 0 Å². The lowest BCUT2D eigenvalue weighted by Gasteiger charge is -2.30. The van der Waals surface area contributed by atoms with Crippen LogP contribution in [0.25, 0.3) is 0 Å². The molecule has 7 heteroatoms. The molecule has 1 rings (SSSR count). The van der Waals surface area contributed by atoms with Crippen LogP contribution in [-0.4, -0.2) is 49.3 Å². The van der Waals surface area contributed by atoms with E-state index in [1.54, 1.807) is 4.90 Å². The normalized spacial score (nSPS) is 18.5. The SMILES string of the molecule is NC1CCN(C(=O)CCOCC(F)(F)F)CC1. The van der Waals surface area contributed by atoms with Crippen molar-refractivity contribution in [3.05, 3.63) is 0 Å². The van der Waals surface area contributed by atoms with Gasteiger partial charge in [0.25, 0.3) is 0 Å². The van der Waals surface area contributed by atoms with Gasteiger partial charge in [-0.15, -0.1) is 0 Å². The van der Waals surface area contributed by atoms with Crippen LogP contribution in [-0.2, 0) is 9.53 Å². The van der Waals surface area contributed by atoms with Crippen LogP contribution in [0, 0.1) is 0 Å². The highest BCUT2D eigenvalue weighted by atomic mass is 19.4. The van der Waals surface area contributed by atoms with Crippen LogP contribution in [0.15, 0.2) is 0 Å². The van der Waals surface area contributed by atoms with Gasteiger partial charge in [-0.25, -0.2) is 0 Å². The molecule has 4 nitrogen and oxygen atoms in total. The molecule has 0 aromatic carbocycles. The molecule has 0 aromatic heterocycles. The van der Waals surface area contributed by atoms with E-state index in [-0.39, 0.29) is 25.0 Å². The quantitative estimate of drug-likeness (QED) is 0.758. The molecule has 17 heavy (non-hydrogen) atoms. The lowest BCUT2D eigenvalue weighted by atomic mass is 10.1. The van der Waals surface area contributed by atoms with Crippen molar-refractivity contribution in [2.75, 3.05) is 26.3 Å². The van der Waals surface area contributed by atoms with E-state index in [0.29, 0.717) is 13.1 Å². The zero-order valence-electron chi connectivity index (χ0n) is 9.50. The molecular formula is C10H17F3N2O2. The molecule has 0 aliphatic carbocycles. The standard InChI is InChI=1S/C10H17F3N2O2/c11-10(12,13)7-17-6-3-9(16)15-4-1-8(14)2-5-15/h8H,1-7,14H2. The van der Waals surface area contributed by atoms with E-state index in [1.165, 1.54) is 0 Å². The molecule has 0 radical (unpaired) electrons. The number of ether oxygens (including phenoxy) is 1. The van der Waals surface area contributed by atoms with Crippen molar-refractivity contribution in [2.24, 2.45) is 5.73 Å². The van der Waals surface area contributed by atoms with E-state index in [4.69, 9.17) is 5.73 Å². The molecule has 1 saturated heterocycles. The second-order valence-corrected chi connectivity index (χ2v) is 4.14. The predicted octanol–water partition coefficient (Wildman–Crippen LogP) is 0.905. The minimum absolute atomic E-state index is 0.00861. The maximum absolute atomic E-state index is 11.7. The summed E-state index contributed by atoms with van der Waals surface area (Å²) in [5, 5.41) is 0. The predicted molar refractivity (Wildman–Crippen MR) is 55.3 cm³/mol. The number of likely N-dealkylation sites (tertiary alicyclic amines) is 1. The maximum Gasteiger partial charge on any atom is 0.411 e. The molecule has 0 spiro atoms. The molecule has 0 saturated carbocycles. The Labute approximate surface area is 97.9 Å². The van der Waals surface area contributed by atoms with Crippen LogP contribution in [0.4, 0.5) is 13.2 Å².